The molecule has 0 saturated carbocycles. The lowest BCUT2D eigenvalue weighted by atomic mass is 10.0. The number of aromatic amines is 1. The van der Waals surface area contributed by atoms with E-state index in [0.717, 1.165) is 33.5 Å². The van der Waals surface area contributed by atoms with E-state index in [2.05, 4.69) is 16.4 Å². The number of hydrogen-bond donors (Lipinski definition) is 2. The number of sulfone groups is 1. The molecule has 1 heterocycles. The van der Waals surface area contributed by atoms with Gasteiger partial charge in [-0.1, -0.05) is 18.2 Å². The fourth-order valence-electron chi connectivity index (χ4n) is 3.35. The summed E-state index contributed by atoms with van der Waals surface area (Å²) in [7, 11) is -1.36. The van der Waals surface area contributed by atoms with Crippen LogP contribution in [-0.2, 0) is 21.1 Å². The Morgan fingerprint density at radius 3 is 2.52 bits per heavy atom. The summed E-state index contributed by atoms with van der Waals surface area (Å²) in [4.78, 5) is 15.7. The van der Waals surface area contributed by atoms with Crippen molar-refractivity contribution < 1.29 is 17.9 Å². The van der Waals surface area contributed by atoms with Crippen LogP contribution in [0.15, 0.2) is 48.5 Å². The topological polar surface area (TPSA) is 88.3 Å². The highest BCUT2D eigenvalue weighted by atomic mass is 32.2. The second kappa shape index (κ2) is 9.13. The standard InChI is InChI=1S/C22H26N2O4S/c1-28-17-10-8-16(9-11-17)22-19(18-6-3-4-7-20(18)24-22)12-13-21(25)23-14-5-15-29(2,26)27/h3-4,6-11,24H,5,12-15H2,1-2H3,(H,23,25). The fraction of sp³-hybridized carbons (Fsp3) is 0.318. The number of H-pyrrole nitrogens is 1. The molecule has 0 spiro atoms. The fourth-order valence-corrected chi connectivity index (χ4v) is 4.02. The smallest absolute Gasteiger partial charge is 0.220 e. The quantitative estimate of drug-likeness (QED) is 0.526. The van der Waals surface area contributed by atoms with E-state index in [0.29, 0.717) is 25.8 Å². The zero-order chi connectivity index (χ0) is 20.9. The number of aryl methyl sites for hydroxylation is 1. The van der Waals surface area contributed by atoms with Crippen LogP contribution in [0.3, 0.4) is 0 Å². The summed E-state index contributed by atoms with van der Waals surface area (Å²) in [5.74, 6) is 0.793. The zero-order valence-electron chi connectivity index (χ0n) is 16.7. The minimum Gasteiger partial charge on any atom is -0.497 e. The molecule has 3 aromatic rings. The van der Waals surface area contributed by atoms with E-state index in [9.17, 15) is 13.2 Å². The molecule has 7 heteroatoms. The number of nitrogens with one attached hydrogen (secondary N) is 2. The van der Waals surface area contributed by atoms with Crippen LogP contribution < -0.4 is 10.1 Å². The molecule has 0 atom stereocenters. The molecule has 0 saturated heterocycles. The maximum atomic E-state index is 12.2. The van der Waals surface area contributed by atoms with E-state index in [1.165, 1.54) is 6.26 Å². The number of fused-ring (bicyclic) bond motifs is 1. The highest BCUT2D eigenvalue weighted by molar-refractivity contribution is 7.90. The van der Waals surface area contributed by atoms with Crippen molar-refractivity contribution in [3.63, 3.8) is 0 Å². The van der Waals surface area contributed by atoms with E-state index in [1.54, 1.807) is 7.11 Å². The Hall–Kier alpha value is -2.80. The molecule has 1 aromatic heterocycles. The van der Waals surface area contributed by atoms with Gasteiger partial charge in [-0.3, -0.25) is 4.79 Å². The Morgan fingerprint density at radius 1 is 1.10 bits per heavy atom. The Morgan fingerprint density at radius 2 is 1.83 bits per heavy atom. The molecule has 29 heavy (non-hydrogen) atoms. The van der Waals surface area contributed by atoms with Crippen molar-refractivity contribution in [2.24, 2.45) is 0 Å². The van der Waals surface area contributed by atoms with Crippen LogP contribution in [0.1, 0.15) is 18.4 Å². The summed E-state index contributed by atoms with van der Waals surface area (Å²) in [5.41, 5.74) is 4.16. The summed E-state index contributed by atoms with van der Waals surface area (Å²) in [6, 6.07) is 15.9. The van der Waals surface area contributed by atoms with Crippen molar-refractivity contribution in [1.82, 2.24) is 10.3 Å². The van der Waals surface area contributed by atoms with Crippen LogP contribution in [-0.4, -0.2) is 45.0 Å². The lowest BCUT2D eigenvalue weighted by molar-refractivity contribution is -0.121. The van der Waals surface area contributed by atoms with Gasteiger partial charge in [0.15, 0.2) is 0 Å². The third-order valence-electron chi connectivity index (χ3n) is 4.81. The van der Waals surface area contributed by atoms with Gasteiger partial charge in [0.1, 0.15) is 15.6 Å². The third-order valence-corrected chi connectivity index (χ3v) is 5.84. The third kappa shape index (κ3) is 5.60. The number of para-hydroxylation sites is 1. The zero-order valence-corrected chi connectivity index (χ0v) is 17.5. The summed E-state index contributed by atoms with van der Waals surface area (Å²) in [6.45, 7) is 0.366. The van der Waals surface area contributed by atoms with Gasteiger partial charge in [-0.2, -0.15) is 0 Å². The second-order valence-corrected chi connectivity index (χ2v) is 9.35. The minimum absolute atomic E-state index is 0.0792. The number of hydrogen-bond acceptors (Lipinski definition) is 4. The van der Waals surface area contributed by atoms with Crippen molar-refractivity contribution in [1.29, 1.82) is 0 Å². The van der Waals surface area contributed by atoms with Gasteiger partial charge in [-0.15, -0.1) is 0 Å². The van der Waals surface area contributed by atoms with E-state index in [4.69, 9.17) is 4.74 Å². The average Bonchev–Trinajstić information content (AvgIpc) is 3.07. The minimum atomic E-state index is -3.00. The Balaban J connectivity index is 1.73. The molecule has 0 aliphatic heterocycles. The van der Waals surface area contributed by atoms with Crippen LogP contribution in [0, 0.1) is 0 Å². The van der Waals surface area contributed by atoms with E-state index < -0.39 is 9.84 Å². The number of carbonyl (C=O) groups excluding carboxylic acids is 1. The van der Waals surface area contributed by atoms with Gasteiger partial charge in [0.25, 0.3) is 0 Å². The molecular formula is C22H26N2O4S. The molecule has 0 fully saturated rings. The lowest BCUT2D eigenvalue weighted by Crippen LogP contribution is -2.26. The predicted molar refractivity (Wildman–Crippen MR) is 116 cm³/mol. The monoisotopic (exact) mass is 414 g/mol. The van der Waals surface area contributed by atoms with Crippen LogP contribution in [0.5, 0.6) is 5.75 Å². The molecule has 154 valence electrons. The largest absolute Gasteiger partial charge is 0.497 e. The number of carbonyl (C=O) groups is 1. The molecule has 0 radical (unpaired) electrons. The van der Waals surface area contributed by atoms with E-state index >= 15 is 0 Å². The number of aromatic nitrogens is 1. The van der Waals surface area contributed by atoms with Gasteiger partial charge in [-0.05, 0) is 54.3 Å². The first-order chi connectivity index (χ1) is 13.9. The summed E-state index contributed by atoms with van der Waals surface area (Å²) >= 11 is 0. The number of rotatable bonds is 9. The number of benzene rings is 2. The maximum absolute atomic E-state index is 12.2. The summed E-state index contributed by atoms with van der Waals surface area (Å²) < 4.78 is 27.6. The van der Waals surface area contributed by atoms with Gasteiger partial charge in [0.05, 0.1) is 12.9 Å². The molecule has 1 amide bonds. The molecule has 0 aliphatic carbocycles. The Labute approximate surface area is 171 Å². The van der Waals surface area contributed by atoms with Crippen molar-refractivity contribution in [3.8, 4) is 17.0 Å². The summed E-state index contributed by atoms with van der Waals surface area (Å²) in [6.07, 6.45) is 2.55. The SMILES string of the molecule is COc1ccc(-c2[nH]c3ccccc3c2CCC(=O)NCCCS(C)(=O)=O)cc1. The Bertz CT molecular complexity index is 1090. The first kappa shape index (κ1) is 20.9. The highest BCUT2D eigenvalue weighted by Crippen LogP contribution is 2.32. The molecule has 2 N–H and O–H groups in total. The lowest BCUT2D eigenvalue weighted by Gasteiger charge is -2.08. The molecule has 6 nitrogen and oxygen atoms in total. The Kier molecular flexibility index (Phi) is 6.59. The van der Waals surface area contributed by atoms with E-state index in [1.807, 2.05) is 42.5 Å². The number of ether oxygens (including phenoxy) is 1. The second-order valence-electron chi connectivity index (χ2n) is 7.09. The highest BCUT2D eigenvalue weighted by Gasteiger charge is 2.14. The normalized spacial score (nSPS) is 11.5. The van der Waals surface area contributed by atoms with Crippen molar-refractivity contribution in [3.05, 3.63) is 54.1 Å². The van der Waals surface area contributed by atoms with Gasteiger partial charge >= 0.3 is 0 Å². The average molecular weight is 415 g/mol. The molecule has 0 bridgehead atoms. The van der Waals surface area contributed by atoms with Gasteiger partial charge in [-0.25, -0.2) is 8.42 Å². The van der Waals surface area contributed by atoms with Crippen LogP contribution >= 0.6 is 0 Å². The molecular weight excluding hydrogens is 388 g/mol. The molecule has 3 rings (SSSR count). The first-order valence-electron chi connectivity index (χ1n) is 9.56. The van der Waals surface area contributed by atoms with Crippen LogP contribution in [0.25, 0.3) is 22.2 Å². The van der Waals surface area contributed by atoms with E-state index in [-0.39, 0.29) is 11.7 Å². The molecule has 0 unspecified atom stereocenters. The number of methoxy groups -OCH3 is 1. The summed E-state index contributed by atoms with van der Waals surface area (Å²) in [5, 5.41) is 3.91. The van der Waals surface area contributed by atoms with Crippen molar-refractivity contribution in [2.75, 3.05) is 25.7 Å². The number of amides is 1. The van der Waals surface area contributed by atoms with Crippen molar-refractivity contribution in [2.45, 2.75) is 19.3 Å². The van der Waals surface area contributed by atoms with Crippen LogP contribution in [0.4, 0.5) is 0 Å². The van der Waals surface area contributed by atoms with Crippen LogP contribution in [0.2, 0.25) is 0 Å². The predicted octanol–water partition coefficient (Wildman–Crippen LogP) is 3.33. The van der Waals surface area contributed by atoms with Gasteiger partial charge < -0.3 is 15.0 Å². The first-order valence-corrected chi connectivity index (χ1v) is 11.6. The van der Waals surface area contributed by atoms with Gasteiger partial charge in [0, 0.05) is 35.8 Å². The van der Waals surface area contributed by atoms with Gasteiger partial charge in [0.2, 0.25) is 5.91 Å². The molecule has 0 aliphatic rings. The maximum Gasteiger partial charge on any atom is 0.220 e. The molecule has 2 aromatic carbocycles. The van der Waals surface area contributed by atoms with Crippen molar-refractivity contribution >= 4 is 26.6 Å².